The molecular formula is C16H19ClN4O2. The van der Waals surface area contributed by atoms with Gasteiger partial charge in [0.1, 0.15) is 6.04 Å². The highest BCUT2D eigenvalue weighted by Gasteiger charge is 2.34. The van der Waals surface area contributed by atoms with Gasteiger partial charge in [-0.25, -0.2) is 4.79 Å². The predicted molar refractivity (Wildman–Crippen MR) is 87.1 cm³/mol. The van der Waals surface area contributed by atoms with Crippen LogP contribution in [0.1, 0.15) is 38.6 Å². The third-order valence-corrected chi connectivity index (χ3v) is 3.97. The number of nitrogens with one attached hydrogen (secondary N) is 1. The van der Waals surface area contributed by atoms with E-state index in [0.717, 1.165) is 18.4 Å². The fraction of sp³-hybridized carbons (Fsp3) is 0.438. The lowest BCUT2D eigenvalue weighted by Crippen LogP contribution is -2.42. The Kier molecular flexibility index (Phi) is 4.52. The molecule has 1 aliphatic rings. The number of hydrogen-bond acceptors (Lipinski definition) is 4. The quantitative estimate of drug-likeness (QED) is 0.930. The van der Waals surface area contributed by atoms with E-state index in [4.69, 9.17) is 16.1 Å². The van der Waals surface area contributed by atoms with Crippen LogP contribution in [0.3, 0.4) is 0 Å². The number of nitrogens with zero attached hydrogens (tertiary/aromatic N) is 3. The van der Waals surface area contributed by atoms with Gasteiger partial charge in [0.05, 0.1) is 0 Å². The van der Waals surface area contributed by atoms with Crippen LogP contribution in [0.25, 0.3) is 11.4 Å². The number of aromatic nitrogens is 2. The van der Waals surface area contributed by atoms with Crippen molar-refractivity contribution in [2.45, 2.75) is 38.8 Å². The third kappa shape index (κ3) is 3.47. The van der Waals surface area contributed by atoms with E-state index in [-0.39, 0.29) is 18.1 Å². The summed E-state index contributed by atoms with van der Waals surface area (Å²) in [6, 6.07) is 7.12. The van der Waals surface area contributed by atoms with Gasteiger partial charge in [-0.05, 0) is 38.8 Å². The van der Waals surface area contributed by atoms with Crippen molar-refractivity contribution in [3.63, 3.8) is 0 Å². The lowest BCUT2D eigenvalue weighted by molar-refractivity contribution is 0.178. The van der Waals surface area contributed by atoms with Gasteiger partial charge in [-0.15, -0.1) is 0 Å². The smallest absolute Gasteiger partial charge is 0.318 e. The molecule has 1 aromatic carbocycles. The molecule has 1 fully saturated rings. The van der Waals surface area contributed by atoms with Crippen molar-refractivity contribution in [1.82, 2.24) is 20.4 Å². The number of carbonyl (C=O) groups excluding carboxylic acids is 1. The number of halogens is 1. The second-order valence-electron chi connectivity index (χ2n) is 5.92. The Hall–Kier alpha value is -2.08. The molecule has 0 bridgehead atoms. The van der Waals surface area contributed by atoms with Crippen LogP contribution in [0, 0.1) is 0 Å². The van der Waals surface area contributed by atoms with Gasteiger partial charge in [0, 0.05) is 23.2 Å². The average molecular weight is 335 g/mol. The molecule has 0 aliphatic carbocycles. The molecule has 1 aromatic heterocycles. The van der Waals surface area contributed by atoms with Crippen molar-refractivity contribution >= 4 is 17.6 Å². The molecule has 7 heteroatoms. The molecule has 0 unspecified atom stereocenters. The highest BCUT2D eigenvalue weighted by molar-refractivity contribution is 6.30. The van der Waals surface area contributed by atoms with Crippen molar-refractivity contribution < 1.29 is 9.32 Å². The fourth-order valence-corrected chi connectivity index (χ4v) is 2.90. The third-order valence-electron chi connectivity index (χ3n) is 3.74. The molecule has 1 aliphatic heterocycles. The molecule has 1 saturated heterocycles. The standard InChI is InChI=1S/C16H19ClN4O2/c1-10(2)18-16(22)21-8-4-7-13(21)15-19-14(20-23-15)11-5-3-6-12(17)9-11/h3,5-6,9-10,13H,4,7-8H2,1-2H3,(H,18,22)/t13-/m0/s1. The van der Waals surface area contributed by atoms with Gasteiger partial charge in [0.15, 0.2) is 0 Å². The van der Waals surface area contributed by atoms with E-state index in [0.29, 0.717) is 23.3 Å². The lowest BCUT2D eigenvalue weighted by Gasteiger charge is -2.23. The largest absolute Gasteiger partial charge is 0.337 e. The second kappa shape index (κ2) is 6.58. The van der Waals surface area contributed by atoms with Crippen molar-refractivity contribution in [1.29, 1.82) is 0 Å². The lowest BCUT2D eigenvalue weighted by atomic mass is 10.2. The molecule has 1 N–H and O–H groups in total. The SMILES string of the molecule is CC(C)NC(=O)N1CCC[C@H]1c1nc(-c2cccc(Cl)c2)no1. The van der Waals surface area contributed by atoms with Gasteiger partial charge in [0.25, 0.3) is 0 Å². The number of likely N-dealkylation sites (tertiary alicyclic amines) is 1. The van der Waals surface area contributed by atoms with Crippen molar-refractivity contribution in [2.75, 3.05) is 6.54 Å². The monoisotopic (exact) mass is 334 g/mol. The molecule has 0 radical (unpaired) electrons. The second-order valence-corrected chi connectivity index (χ2v) is 6.36. The molecular weight excluding hydrogens is 316 g/mol. The van der Waals surface area contributed by atoms with Crippen LogP contribution in [0.15, 0.2) is 28.8 Å². The Morgan fingerprint density at radius 1 is 1.48 bits per heavy atom. The topological polar surface area (TPSA) is 71.3 Å². The number of rotatable bonds is 3. The average Bonchev–Trinajstić information content (AvgIpc) is 3.15. The predicted octanol–water partition coefficient (Wildman–Crippen LogP) is 3.64. The van der Waals surface area contributed by atoms with Crippen molar-refractivity contribution in [3.8, 4) is 11.4 Å². The van der Waals surface area contributed by atoms with Crippen LogP contribution in [-0.2, 0) is 0 Å². The van der Waals surface area contributed by atoms with E-state index in [2.05, 4.69) is 15.5 Å². The molecule has 6 nitrogen and oxygen atoms in total. The van der Waals surface area contributed by atoms with Gasteiger partial charge in [0.2, 0.25) is 11.7 Å². The number of urea groups is 1. The molecule has 1 atom stereocenters. The summed E-state index contributed by atoms with van der Waals surface area (Å²) in [5.41, 5.74) is 0.795. The van der Waals surface area contributed by atoms with Crippen molar-refractivity contribution in [2.24, 2.45) is 0 Å². The molecule has 0 saturated carbocycles. The summed E-state index contributed by atoms with van der Waals surface area (Å²) in [6.07, 6.45) is 1.74. The van der Waals surface area contributed by atoms with E-state index in [1.54, 1.807) is 17.0 Å². The molecule has 3 rings (SSSR count). The van der Waals surface area contributed by atoms with Gasteiger partial charge >= 0.3 is 6.03 Å². The summed E-state index contributed by atoms with van der Waals surface area (Å²) in [6.45, 7) is 4.57. The molecule has 2 amide bonds. The Balaban J connectivity index is 1.80. The molecule has 23 heavy (non-hydrogen) atoms. The summed E-state index contributed by atoms with van der Waals surface area (Å²) in [7, 11) is 0. The maximum Gasteiger partial charge on any atom is 0.318 e. The molecule has 2 heterocycles. The van der Waals surface area contributed by atoms with E-state index >= 15 is 0 Å². The summed E-state index contributed by atoms with van der Waals surface area (Å²) in [4.78, 5) is 18.5. The maximum absolute atomic E-state index is 12.3. The summed E-state index contributed by atoms with van der Waals surface area (Å²) in [5.74, 6) is 0.954. The van der Waals surface area contributed by atoms with Gasteiger partial charge in [-0.1, -0.05) is 28.9 Å². The first-order valence-corrected chi connectivity index (χ1v) is 8.09. The first-order valence-electron chi connectivity index (χ1n) is 7.71. The number of amides is 2. The molecule has 122 valence electrons. The Labute approximate surface area is 139 Å². The highest BCUT2D eigenvalue weighted by atomic mass is 35.5. The van der Waals surface area contributed by atoms with Gasteiger partial charge in [-0.2, -0.15) is 4.98 Å². The van der Waals surface area contributed by atoms with Crippen LogP contribution in [0.5, 0.6) is 0 Å². The Morgan fingerprint density at radius 3 is 3.04 bits per heavy atom. The van der Waals surface area contributed by atoms with E-state index in [1.165, 1.54) is 0 Å². The highest BCUT2D eigenvalue weighted by Crippen LogP contribution is 2.32. The van der Waals surface area contributed by atoms with E-state index < -0.39 is 0 Å². The van der Waals surface area contributed by atoms with Crippen LogP contribution >= 0.6 is 11.6 Å². The summed E-state index contributed by atoms with van der Waals surface area (Å²) < 4.78 is 5.40. The van der Waals surface area contributed by atoms with Crippen LogP contribution in [0.2, 0.25) is 5.02 Å². The van der Waals surface area contributed by atoms with Crippen LogP contribution in [0.4, 0.5) is 4.79 Å². The van der Waals surface area contributed by atoms with Crippen LogP contribution < -0.4 is 5.32 Å². The first-order chi connectivity index (χ1) is 11.0. The summed E-state index contributed by atoms with van der Waals surface area (Å²) in [5, 5.41) is 7.55. The minimum absolute atomic E-state index is 0.0912. The zero-order valence-electron chi connectivity index (χ0n) is 13.1. The first kappa shape index (κ1) is 15.8. The van der Waals surface area contributed by atoms with Crippen molar-refractivity contribution in [3.05, 3.63) is 35.2 Å². The number of hydrogen-bond donors (Lipinski definition) is 1. The fourth-order valence-electron chi connectivity index (χ4n) is 2.71. The zero-order chi connectivity index (χ0) is 16.4. The zero-order valence-corrected chi connectivity index (χ0v) is 13.9. The molecule has 0 spiro atoms. The van der Waals surface area contributed by atoms with E-state index in [1.807, 2.05) is 26.0 Å². The van der Waals surface area contributed by atoms with Gasteiger partial charge < -0.3 is 14.7 Å². The minimum atomic E-state index is -0.172. The number of carbonyl (C=O) groups is 1. The Bertz CT molecular complexity index is 701. The Morgan fingerprint density at radius 2 is 2.30 bits per heavy atom. The number of benzene rings is 1. The minimum Gasteiger partial charge on any atom is -0.337 e. The molecule has 2 aromatic rings. The normalized spacial score (nSPS) is 17.7. The van der Waals surface area contributed by atoms with E-state index in [9.17, 15) is 4.79 Å². The maximum atomic E-state index is 12.3. The summed E-state index contributed by atoms with van der Waals surface area (Å²) >= 11 is 5.99. The van der Waals surface area contributed by atoms with Gasteiger partial charge in [-0.3, -0.25) is 0 Å². The van der Waals surface area contributed by atoms with Crippen LogP contribution in [-0.4, -0.2) is 33.7 Å².